The van der Waals surface area contributed by atoms with E-state index in [-0.39, 0.29) is 6.42 Å². The van der Waals surface area contributed by atoms with Crippen molar-refractivity contribution in [2.75, 3.05) is 13.2 Å². The van der Waals surface area contributed by atoms with E-state index in [0.717, 1.165) is 38.5 Å². The van der Waals surface area contributed by atoms with Crippen molar-refractivity contribution in [3.8, 4) is 0 Å². The Balaban J connectivity index is 2.36. The van der Waals surface area contributed by atoms with Gasteiger partial charge in [0.25, 0.3) is 0 Å². The molecule has 0 aliphatic carbocycles. The summed E-state index contributed by atoms with van der Waals surface area (Å²) in [5, 5.41) is 75.8. The number of rotatable bonds is 43. The molecule has 8 N–H and O–H groups in total. The average Bonchev–Trinajstić information content (AvgIpc) is 3.25. The van der Waals surface area contributed by atoms with Crippen LogP contribution in [0.5, 0.6) is 0 Å². The normalized spacial score (nSPS) is 21.5. The van der Waals surface area contributed by atoms with Crippen molar-refractivity contribution in [3.05, 3.63) is 0 Å². The van der Waals surface area contributed by atoms with Gasteiger partial charge in [0.15, 0.2) is 6.29 Å². The number of ether oxygens (including phenoxy) is 2. The number of hydrogen-bond donors (Lipinski definition) is 8. The Bertz CT molecular complexity index is 944. The van der Waals surface area contributed by atoms with Gasteiger partial charge in [0, 0.05) is 0 Å². The highest BCUT2D eigenvalue weighted by Crippen LogP contribution is 2.23. The predicted octanol–water partition coefficient (Wildman–Crippen LogP) is 9.06. The summed E-state index contributed by atoms with van der Waals surface area (Å²) in [4.78, 5) is 13.1. The van der Waals surface area contributed by atoms with Gasteiger partial charge >= 0.3 is 0 Å². The first kappa shape index (κ1) is 57.1. The third-order valence-corrected chi connectivity index (χ3v) is 12.7. The van der Waals surface area contributed by atoms with Gasteiger partial charge in [-0.05, 0) is 12.8 Å². The quantitative estimate of drug-likeness (QED) is 0.0275. The molecule has 0 radical (unpaired) electrons. The number of aliphatic hydroxyl groups is 7. The number of carbonyl (C=O) groups excluding carboxylic acids is 1. The Morgan fingerprint density at radius 1 is 0.517 bits per heavy atom. The van der Waals surface area contributed by atoms with E-state index in [9.17, 15) is 40.5 Å². The number of unbranched alkanes of at least 4 members (excludes halogenated alkanes) is 31. The molecule has 1 aliphatic rings. The van der Waals surface area contributed by atoms with Crippen molar-refractivity contribution in [1.82, 2.24) is 5.32 Å². The first-order valence-electron chi connectivity index (χ1n) is 25.4. The largest absolute Gasteiger partial charge is 0.394 e. The minimum Gasteiger partial charge on any atom is -0.394 e. The molecule has 0 unspecified atom stereocenters. The van der Waals surface area contributed by atoms with Gasteiger partial charge in [-0.15, -0.1) is 0 Å². The molecule has 9 atom stereocenters. The molecule has 1 saturated heterocycles. The van der Waals surface area contributed by atoms with Crippen LogP contribution >= 0.6 is 0 Å². The number of carbonyl (C=O) groups is 1. The summed E-state index contributed by atoms with van der Waals surface area (Å²) in [7, 11) is 0. The molecule has 0 aromatic carbocycles. The average molecular weight is 860 g/mol. The number of nitrogens with one attached hydrogen (secondary N) is 1. The summed E-state index contributed by atoms with van der Waals surface area (Å²) in [6.07, 6.45) is 30.0. The maximum Gasteiger partial charge on any atom is 0.249 e. The first-order chi connectivity index (χ1) is 29.2. The van der Waals surface area contributed by atoms with Crippen LogP contribution in [0.2, 0.25) is 0 Å². The predicted molar refractivity (Wildman–Crippen MR) is 243 cm³/mol. The molecule has 0 aromatic rings. The van der Waals surface area contributed by atoms with E-state index < -0.39 is 74.2 Å². The standard InChI is InChI=1S/C49H97NO10/c1-3-5-7-9-11-13-15-17-18-19-20-21-22-23-25-27-29-31-33-35-37-42(53)48(58)50-40(39-59-49-47(57)46(56)45(55)43(38-51)60-49)44(54)41(52)36-34-32-30-28-26-24-16-14-12-10-8-6-4-2/h40-47,49,51-57H,3-39H2,1-2H3,(H,50,58)/t40-,41+,42+,43+,44-,45+,46-,47+,49+/m0/s1. The van der Waals surface area contributed by atoms with Gasteiger partial charge in [0.05, 0.1) is 25.4 Å². The van der Waals surface area contributed by atoms with Crippen LogP contribution in [-0.2, 0) is 14.3 Å². The third kappa shape index (κ3) is 28.7. The van der Waals surface area contributed by atoms with Crippen LogP contribution in [-0.4, -0.2) is 110 Å². The molecule has 11 heteroatoms. The number of aliphatic hydroxyl groups excluding tert-OH is 7. The lowest BCUT2D eigenvalue weighted by Crippen LogP contribution is -2.60. The van der Waals surface area contributed by atoms with Crippen LogP contribution in [0, 0.1) is 0 Å². The SMILES string of the molecule is CCCCCCCCCCCCCCCCCCCCCC[C@@H](O)C(=O)N[C@@H](CO[C@@H]1O[C@H](CO)[C@@H](O)[C@H](O)[C@H]1O)[C@H](O)[C@H](O)CCCCCCCCCCCCCCC. The maximum absolute atomic E-state index is 13.1. The molecule has 358 valence electrons. The molecule has 1 aliphatic heterocycles. The van der Waals surface area contributed by atoms with Crippen molar-refractivity contribution in [3.63, 3.8) is 0 Å². The van der Waals surface area contributed by atoms with E-state index in [4.69, 9.17) is 9.47 Å². The second-order valence-corrected chi connectivity index (χ2v) is 18.3. The van der Waals surface area contributed by atoms with E-state index in [0.29, 0.717) is 19.3 Å². The fraction of sp³-hybridized carbons (Fsp3) is 0.980. The van der Waals surface area contributed by atoms with Gasteiger partial charge in [-0.2, -0.15) is 0 Å². The molecule has 0 spiro atoms. The molecule has 1 fully saturated rings. The molecule has 11 nitrogen and oxygen atoms in total. The van der Waals surface area contributed by atoms with Gasteiger partial charge in [0.2, 0.25) is 5.91 Å². The summed E-state index contributed by atoms with van der Waals surface area (Å²) in [5.41, 5.74) is 0. The molecular weight excluding hydrogens is 763 g/mol. The van der Waals surface area contributed by atoms with E-state index in [1.165, 1.54) is 161 Å². The molecule has 60 heavy (non-hydrogen) atoms. The van der Waals surface area contributed by atoms with Crippen molar-refractivity contribution in [2.24, 2.45) is 0 Å². The molecular formula is C49H97NO10. The van der Waals surface area contributed by atoms with Crippen LogP contribution in [0.1, 0.15) is 239 Å². The molecule has 1 rings (SSSR count). The number of amides is 1. The zero-order valence-electron chi connectivity index (χ0n) is 38.7. The maximum atomic E-state index is 13.1. The highest BCUT2D eigenvalue weighted by molar-refractivity contribution is 5.80. The van der Waals surface area contributed by atoms with E-state index in [2.05, 4.69) is 19.2 Å². The summed E-state index contributed by atoms with van der Waals surface area (Å²) in [5.74, 6) is -0.692. The fourth-order valence-corrected chi connectivity index (χ4v) is 8.44. The third-order valence-electron chi connectivity index (χ3n) is 12.7. The lowest BCUT2D eigenvalue weighted by atomic mass is 9.98. The fourth-order valence-electron chi connectivity index (χ4n) is 8.44. The van der Waals surface area contributed by atoms with Crippen LogP contribution < -0.4 is 5.32 Å². The van der Waals surface area contributed by atoms with Gasteiger partial charge in [-0.25, -0.2) is 0 Å². The molecule has 0 bridgehead atoms. The lowest BCUT2D eigenvalue weighted by molar-refractivity contribution is -0.303. The highest BCUT2D eigenvalue weighted by Gasteiger charge is 2.44. The topological polar surface area (TPSA) is 189 Å². The first-order valence-corrected chi connectivity index (χ1v) is 25.4. The molecule has 1 heterocycles. The van der Waals surface area contributed by atoms with Gasteiger partial charge in [0.1, 0.15) is 36.6 Å². The van der Waals surface area contributed by atoms with Crippen LogP contribution in [0.15, 0.2) is 0 Å². The summed E-state index contributed by atoms with van der Waals surface area (Å²) >= 11 is 0. The van der Waals surface area contributed by atoms with Crippen molar-refractivity contribution in [1.29, 1.82) is 0 Å². The van der Waals surface area contributed by atoms with Crippen LogP contribution in [0.25, 0.3) is 0 Å². The highest BCUT2D eigenvalue weighted by atomic mass is 16.7. The zero-order chi connectivity index (χ0) is 44.1. The van der Waals surface area contributed by atoms with Crippen molar-refractivity contribution < 1.29 is 50.0 Å². The summed E-state index contributed by atoms with van der Waals surface area (Å²) in [6, 6.07) is -1.16. The Kier molecular flexibility index (Phi) is 37.8. The monoisotopic (exact) mass is 860 g/mol. The second-order valence-electron chi connectivity index (χ2n) is 18.3. The van der Waals surface area contributed by atoms with E-state index in [1.54, 1.807) is 0 Å². The molecule has 0 aromatic heterocycles. The Morgan fingerprint density at radius 2 is 0.867 bits per heavy atom. The lowest BCUT2D eigenvalue weighted by Gasteiger charge is -2.40. The Morgan fingerprint density at radius 3 is 1.23 bits per heavy atom. The van der Waals surface area contributed by atoms with E-state index in [1.807, 2.05) is 0 Å². The van der Waals surface area contributed by atoms with Gasteiger partial charge in [-0.3, -0.25) is 4.79 Å². The van der Waals surface area contributed by atoms with Crippen molar-refractivity contribution in [2.45, 2.75) is 294 Å². The summed E-state index contributed by atoms with van der Waals surface area (Å²) < 4.78 is 11.1. The second kappa shape index (κ2) is 39.7. The Hall–Kier alpha value is -0.890. The minimum absolute atomic E-state index is 0.267. The van der Waals surface area contributed by atoms with Gasteiger partial charge < -0.3 is 50.5 Å². The van der Waals surface area contributed by atoms with Gasteiger partial charge in [-0.1, -0.05) is 226 Å². The van der Waals surface area contributed by atoms with Crippen LogP contribution in [0.4, 0.5) is 0 Å². The number of hydrogen-bond acceptors (Lipinski definition) is 10. The zero-order valence-corrected chi connectivity index (χ0v) is 38.7. The Labute approximate surface area is 367 Å². The smallest absolute Gasteiger partial charge is 0.249 e. The van der Waals surface area contributed by atoms with Crippen molar-refractivity contribution >= 4 is 5.91 Å². The van der Waals surface area contributed by atoms with Crippen LogP contribution in [0.3, 0.4) is 0 Å². The molecule has 0 saturated carbocycles. The molecule has 1 amide bonds. The summed E-state index contributed by atoms with van der Waals surface area (Å²) in [6.45, 7) is 3.46. The minimum atomic E-state index is -1.66. The van der Waals surface area contributed by atoms with E-state index >= 15 is 0 Å².